The number of H-pyrrole nitrogens is 1. The predicted octanol–water partition coefficient (Wildman–Crippen LogP) is 7.34. The fourth-order valence-electron chi connectivity index (χ4n) is 4.94. The van der Waals surface area contributed by atoms with E-state index in [1.54, 1.807) is 24.5 Å². The second-order valence-corrected chi connectivity index (χ2v) is 11.5. The first-order chi connectivity index (χ1) is 27.5. The van der Waals surface area contributed by atoms with Gasteiger partial charge in [0.2, 0.25) is 0 Å². The number of ether oxygens (including phenoxy) is 1. The maximum Gasteiger partial charge on any atom is 0.490 e. The van der Waals surface area contributed by atoms with Crippen LogP contribution in [0.5, 0.6) is 11.5 Å². The van der Waals surface area contributed by atoms with Crippen LogP contribution in [0, 0.1) is 17.5 Å². The van der Waals surface area contributed by atoms with Crippen LogP contribution in [0.4, 0.5) is 32.0 Å². The number of aromatic nitrogens is 4. The molecule has 3 aromatic carbocycles. The topological polar surface area (TPSA) is 186 Å². The lowest BCUT2D eigenvalue weighted by molar-refractivity contribution is -0.192. The van der Waals surface area contributed by atoms with Gasteiger partial charge in [0.15, 0.2) is 11.6 Å². The number of pyridine rings is 3. The number of aliphatic carboxylic acids is 1. The second kappa shape index (κ2) is 17.7. The van der Waals surface area contributed by atoms with Crippen molar-refractivity contribution in [1.29, 1.82) is 0 Å². The van der Waals surface area contributed by atoms with E-state index < -0.39 is 52.6 Å². The van der Waals surface area contributed by atoms with E-state index in [1.165, 1.54) is 102 Å². The number of anilines is 1. The summed E-state index contributed by atoms with van der Waals surface area (Å²) < 4.78 is 80.4. The summed E-state index contributed by atoms with van der Waals surface area (Å²) in [5.74, 6) is -5.93. The van der Waals surface area contributed by atoms with Gasteiger partial charge in [-0.3, -0.25) is 23.5 Å². The van der Waals surface area contributed by atoms with E-state index >= 15 is 0 Å². The van der Waals surface area contributed by atoms with Crippen molar-refractivity contribution >= 4 is 34.6 Å². The number of nitrogens with one attached hydrogen (secondary N) is 2. The molecule has 0 atom stereocenters. The summed E-state index contributed by atoms with van der Waals surface area (Å²) in [4.78, 5) is 64.1. The Labute approximate surface area is 320 Å². The molecule has 4 N–H and O–H groups in total. The summed E-state index contributed by atoms with van der Waals surface area (Å²) in [5, 5.41) is 19.1. The van der Waals surface area contributed by atoms with Gasteiger partial charge in [-0.1, -0.05) is 0 Å². The van der Waals surface area contributed by atoms with E-state index in [2.05, 4.69) is 15.3 Å². The molecule has 0 radical (unpaired) electrons. The number of fused-ring (bicyclic) bond motifs is 1. The number of alkyl halides is 3. The number of amides is 1. The van der Waals surface area contributed by atoms with Crippen molar-refractivity contribution in [1.82, 2.24) is 19.1 Å². The average molecular weight is 806 g/mol. The van der Waals surface area contributed by atoms with Crippen LogP contribution in [0.2, 0.25) is 0 Å². The smallest absolute Gasteiger partial charge is 0.477 e. The van der Waals surface area contributed by atoms with Crippen molar-refractivity contribution in [2.45, 2.75) is 6.18 Å². The number of carbonyl (C=O) groups excluding carboxylic acids is 1. The first kappa shape index (κ1) is 41.2. The largest absolute Gasteiger partial charge is 0.490 e. The minimum absolute atomic E-state index is 0.0370. The molecule has 4 heterocycles. The molecule has 0 aliphatic heterocycles. The molecule has 0 spiro atoms. The number of rotatable bonds is 7. The molecule has 1 amide bonds. The molecule has 0 saturated carbocycles. The summed E-state index contributed by atoms with van der Waals surface area (Å²) in [6.45, 7) is 0. The number of carboxylic acid groups (broad SMARTS) is 2. The molecule has 0 aliphatic carbocycles. The minimum Gasteiger partial charge on any atom is -0.477 e. The highest BCUT2D eigenvalue weighted by Crippen LogP contribution is 2.31. The van der Waals surface area contributed by atoms with Crippen LogP contribution in [0.25, 0.3) is 22.4 Å². The Bertz CT molecular complexity index is 2730. The molecule has 0 aliphatic rings. The maximum atomic E-state index is 14.7. The molecule has 0 unspecified atom stereocenters. The van der Waals surface area contributed by atoms with E-state index in [4.69, 9.17) is 19.7 Å². The molecule has 7 rings (SSSR count). The molecule has 0 fully saturated rings. The van der Waals surface area contributed by atoms with E-state index in [0.717, 1.165) is 10.6 Å². The monoisotopic (exact) mass is 805 g/mol. The third-order valence-corrected chi connectivity index (χ3v) is 7.65. The Balaban J connectivity index is 0.000000221. The van der Waals surface area contributed by atoms with Crippen molar-refractivity contribution in [3.05, 3.63) is 177 Å². The highest BCUT2D eigenvalue weighted by molar-refractivity contribution is 6.04. The average Bonchev–Trinajstić information content (AvgIpc) is 3.67. The standard InChI is InChI=1S/C25H16F2N4O3.C12H8FNO3.C2HF3O2/c26-15-3-6-17(7-4-15)31-13-1-2-19(25(31)33)24(32)30-16-5-8-22(20(27)14-16)34-21-10-12-29-23-18(21)9-11-28-23;13-8-3-5-9(6-4-8)14-7-1-2-10(11(14)15)12(16)17;3-2(4,5)1(6)7/h1-14H,(H,28,29)(H,30,32);1-7H,(H,16,17);(H,6,7). The number of hydrogen-bond donors (Lipinski definition) is 4. The fourth-order valence-corrected chi connectivity index (χ4v) is 4.94. The van der Waals surface area contributed by atoms with Crippen molar-refractivity contribution in [3.63, 3.8) is 0 Å². The predicted molar refractivity (Wildman–Crippen MR) is 195 cm³/mol. The molecule has 7 aromatic rings. The number of aromatic amines is 1. The number of halogens is 6. The van der Waals surface area contributed by atoms with Gasteiger partial charge >= 0.3 is 18.1 Å². The molecule has 58 heavy (non-hydrogen) atoms. The minimum atomic E-state index is -5.08. The van der Waals surface area contributed by atoms with Gasteiger partial charge in [-0.15, -0.1) is 0 Å². The van der Waals surface area contributed by atoms with E-state index in [9.17, 15) is 45.5 Å². The molecular weight excluding hydrogens is 780 g/mol. The summed E-state index contributed by atoms with van der Waals surface area (Å²) in [7, 11) is 0. The Kier molecular flexibility index (Phi) is 12.6. The normalized spacial score (nSPS) is 10.7. The Morgan fingerprint density at radius 1 is 0.707 bits per heavy atom. The third kappa shape index (κ3) is 10.0. The molecule has 296 valence electrons. The van der Waals surface area contributed by atoms with Crippen LogP contribution in [0.3, 0.4) is 0 Å². The zero-order valence-electron chi connectivity index (χ0n) is 29.1. The lowest BCUT2D eigenvalue weighted by Crippen LogP contribution is -2.27. The van der Waals surface area contributed by atoms with Gasteiger partial charge in [0.05, 0.1) is 5.39 Å². The molecule has 0 bridgehead atoms. The Hall–Kier alpha value is -7.96. The number of benzene rings is 3. The van der Waals surface area contributed by atoms with Crippen LogP contribution in [0.1, 0.15) is 20.7 Å². The van der Waals surface area contributed by atoms with Crippen LogP contribution in [0.15, 0.2) is 138 Å². The zero-order chi connectivity index (χ0) is 42.1. The molecule has 19 heteroatoms. The van der Waals surface area contributed by atoms with Gasteiger partial charge in [0, 0.05) is 47.9 Å². The highest BCUT2D eigenvalue weighted by Gasteiger charge is 2.38. The van der Waals surface area contributed by atoms with Crippen LogP contribution >= 0.6 is 0 Å². The van der Waals surface area contributed by atoms with Crippen LogP contribution in [-0.4, -0.2) is 53.3 Å². The zero-order valence-corrected chi connectivity index (χ0v) is 29.1. The second-order valence-electron chi connectivity index (χ2n) is 11.5. The number of aromatic carboxylic acids is 1. The van der Waals surface area contributed by atoms with Crippen LogP contribution < -0.4 is 21.2 Å². The first-order valence-corrected chi connectivity index (χ1v) is 16.2. The SMILES string of the molecule is O=C(Nc1ccc(Oc2ccnc3[nH]ccc23)c(F)c1)c1cccn(-c2ccc(F)cc2)c1=O.O=C(O)C(F)(F)F.O=C(O)c1cccn(-c2ccc(F)cc2)c1=O. The number of nitrogens with zero attached hydrogens (tertiary/aromatic N) is 3. The highest BCUT2D eigenvalue weighted by atomic mass is 19.4. The van der Waals surface area contributed by atoms with E-state index in [1.807, 2.05) is 0 Å². The molecule has 0 saturated heterocycles. The first-order valence-electron chi connectivity index (χ1n) is 16.2. The Morgan fingerprint density at radius 3 is 1.76 bits per heavy atom. The van der Waals surface area contributed by atoms with Crippen molar-refractivity contribution in [2.24, 2.45) is 0 Å². The van der Waals surface area contributed by atoms with Crippen LogP contribution in [-0.2, 0) is 4.79 Å². The lowest BCUT2D eigenvalue weighted by Gasteiger charge is -2.11. The Morgan fingerprint density at radius 2 is 1.24 bits per heavy atom. The molecular formula is C39H25F6N5O8. The van der Waals surface area contributed by atoms with Gasteiger partial charge in [-0.2, -0.15) is 13.2 Å². The summed E-state index contributed by atoms with van der Waals surface area (Å²) in [6, 6.07) is 23.4. The van der Waals surface area contributed by atoms with Gasteiger partial charge in [-0.25, -0.2) is 27.7 Å². The van der Waals surface area contributed by atoms with Crippen molar-refractivity contribution in [3.8, 4) is 22.9 Å². The van der Waals surface area contributed by atoms with Gasteiger partial charge in [-0.05, 0) is 97.1 Å². The summed E-state index contributed by atoms with van der Waals surface area (Å²) >= 11 is 0. The fraction of sp³-hybridized carbons (Fsp3) is 0.0256. The molecule has 13 nitrogen and oxygen atoms in total. The summed E-state index contributed by atoms with van der Waals surface area (Å²) in [6.07, 6.45) is 1.06. The third-order valence-electron chi connectivity index (χ3n) is 7.65. The number of hydrogen-bond acceptors (Lipinski definition) is 7. The van der Waals surface area contributed by atoms with Crippen molar-refractivity contribution in [2.75, 3.05) is 5.32 Å². The summed E-state index contributed by atoms with van der Waals surface area (Å²) in [5.41, 5.74) is -0.146. The van der Waals surface area contributed by atoms with E-state index in [-0.39, 0.29) is 22.6 Å². The maximum absolute atomic E-state index is 14.7. The van der Waals surface area contributed by atoms with Gasteiger partial charge in [0.25, 0.3) is 17.0 Å². The van der Waals surface area contributed by atoms with Crippen molar-refractivity contribution < 1.29 is 55.7 Å². The quantitative estimate of drug-likeness (QED) is 0.120. The number of carbonyl (C=O) groups is 3. The van der Waals surface area contributed by atoms with Gasteiger partial charge < -0.3 is 25.3 Å². The van der Waals surface area contributed by atoms with Gasteiger partial charge in [0.1, 0.15) is 34.2 Å². The number of carboxylic acids is 2. The lowest BCUT2D eigenvalue weighted by atomic mass is 10.2. The van der Waals surface area contributed by atoms with E-state index in [0.29, 0.717) is 28.2 Å². The molecule has 4 aromatic heterocycles.